The van der Waals surface area contributed by atoms with E-state index < -0.39 is 16.1 Å². The van der Waals surface area contributed by atoms with Crippen LogP contribution >= 0.6 is 24.0 Å². The Bertz CT molecular complexity index is 193. The van der Waals surface area contributed by atoms with Crippen LogP contribution in [0, 0.1) is 0 Å². The average molecular weight is 238 g/mol. The first-order valence-corrected chi connectivity index (χ1v) is 5.53. The number of aliphatic hydroxyl groups is 1. The standard InChI is InChI=1S/C5H12ClNO3S.ClH/c6-2-4-11(9,10)3-1-5(7)8;/h5,8H,1-4,7H2;1H. The molecule has 4 nitrogen and oxygen atoms in total. The van der Waals surface area contributed by atoms with E-state index in [9.17, 15) is 8.42 Å². The van der Waals surface area contributed by atoms with Crippen LogP contribution in [-0.4, -0.2) is 37.1 Å². The van der Waals surface area contributed by atoms with Crippen molar-refractivity contribution in [2.45, 2.75) is 12.6 Å². The van der Waals surface area contributed by atoms with E-state index in [0.29, 0.717) is 0 Å². The molecular weight excluding hydrogens is 225 g/mol. The molecule has 1 unspecified atom stereocenters. The molecule has 0 fully saturated rings. The Morgan fingerprint density at radius 3 is 2.25 bits per heavy atom. The second-order valence-electron chi connectivity index (χ2n) is 2.20. The molecule has 0 aliphatic carbocycles. The van der Waals surface area contributed by atoms with Gasteiger partial charge >= 0.3 is 0 Å². The Hall–Kier alpha value is 0.450. The molecule has 0 aliphatic heterocycles. The number of alkyl halides is 1. The van der Waals surface area contributed by atoms with Crippen molar-refractivity contribution in [3.63, 3.8) is 0 Å². The Labute approximate surface area is 83.4 Å². The topological polar surface area (TPSA) is 80.4 Å². The highest BCUT2D eigenvalue weighted by Gasteiger charge is 2.10. The summed E-state index contributed by atoms with van der Waals surface area (Å²) in [6.07, 6.45) is -0.987. The second kappa shape index (κ2) is 6.91. The maximum Gasteiger partial charge on any atom is 0.151 e. The summed E-state index contributed by atoms with van der Waals surface area (Å²) in [6, 6.07) is 0. The highest BCUT2D eigenvalue weighted by molar-refractivity contribution is 7.91. The normalized spacial score (nSPS) is 13.6. The number of hydrogen-bond donors (Lipinski definition) is 2. The van der Waals surface area contributed by atoms with Gasteiger partial charge in [0, 0.05) is 12.3 Å². The fourth-order valence-electron chi connectivity index (χ4n) is 0.520. The van der Waals surface area contributed by atoms with Gasteiger partial charge in [-0.1, -0.05) is 0 Å². The van der Waals surface area contributed by atoms with E-state index in [1.165, 1.54) is 0 Å². The Kier molecular flexibility index (Phi) is 8.61. The number of nitrogens with two attached hydrogens (primary N) is 1. The van der Waals surface area contributed by atoms with Gasteiger partial charge in [0.2, 0.25) is 0 Å². The lowest BCUT2D eigenvalue weighted by molar-refractivity contribution is 0.179. The smallest absolute Gasteiger partial charge is 0.151 e. The summed E-state index contributed by atoms with van der Waals surface area (Å²) in [5.41, 5.74) is 4.95. The zero-order chi connectivity index (χ0) is 8.91. The molecule has 0 heterocycles. The van der Waals surface area contributed by atoms with Gasteiger partial charge in [-0.15, -0.1) is 24.0 Å². The third kappa shape index (κ3) is 8.55. The highest BCUT2D eigenvalue weighted by Crippen LogP contribution is 1.96. The van der Waals surface area contributed by atoms with Crippen LogP contribution in [0.2, 0.25) is 0 Å². The van der Waals surface area contributed by atoms with Crippen LogP contribution in [0.5, 0.6) is 0 Å². The first-order chi connectivity index (χ1) is 4.98. The predicted octanol–water partition coefficient (Wildman–Crippen LogP) is -0.271. The van der Waals surface area contributed by atoms with E-state index >= 15 is 0 Å². The summed E-state index contributed by atoms with van der Waals surface area (Å²) in [7, 11) is -3.10. The number of rotatable bonds is 5. The Balaban J connectivity index is 0. The lowest BCUT2D eigenvalue weighted by Crippen LogP contribution is -2.24. The van der Waals surface area contributed by atoms with Crippen LogP contribution in [0.15, 0.2) is 0 Å². The zero-order valence-electron chi connectivity index (χ0n) is 6.44. The van der Waals surface area contributed by atoms with Gasteiger partial charge in [-0.3, -0.25) is 0 Å². The molecule has 3 N–H and O–H groups in total. The molecular formula is C5H13Cl2NO3S. The molecule has 0 radical (unpaired) electrons. The minimum atomic E-state index is -3.10. The number of halogens is 2. The van der Waals surface area contributed by atoms with Gasteiger partial charge in [0.15, 0.2) is 9.84 Å². The Morgan fingerprint density at radius 1 is 1.42 bits per heavy atom. The molecule has 0 aromatic heterocycles. The van der Waals surface area contributed by atoms with Crippen LogP contribution < -0.4 is 5.73 Å². The molecule has 0 saturated heterocycles. The summed E-state index contributed by atoms with van der Waals surface area (Å²) in [4.78, 5) is 0. The van der Waals surface area contributed by atoms with E-state index in [-0.39, 0.29) is 36.2 Å². The van der Waals surface area contributed by atoms with Gasteiger partial charge in [-0.05, 0) is 0 Å². The van der Waals surface area contributed by atoms with Gasteiger partial charge in [0.1, 0.15) is 6.23 Å². The predicted molar refractivity (Wildman–Crippen MR) is 51.4 cm³/mol. The summed E-state index contributed by atoms with van der Waals surface area (Å²) < 4.78 is 21.8. The molecule has 0 bridgehead atoms. The highest BCUT2D eigenvalue weighted by atomic mass is 35.5. The molecule has 0 aromatic rings. The van der Waals surface area contributed by atoms with Crippen LogP contribution in [0.4, 0.5) is 0 Å². The minimum Gasteiger partial charge on any atom is -0.379 e. The van der Waals surface area contributed by atoms with Crippen LogP contribution in [0.3, 0.4) is 0 Å². The van der Waals surface area contributed by atoms with Gasteiger partial charge in [-0.25, -0.2) is 8.42 Å². The van der Waals surface area contributed by atoms with Gasteiger partial charge in [-0.2, -0.15) is 0 Å². The van der Waals surface area contributed by atoms with Gasteiger partial charge in [0.25, 0.3) is 0 Å². The van der Waals surface area contributed by atoms with Gasteiger partial charge in [0.05, 0.1) is 11.5 Å². The fourth-order valence-corrected chi connectivity index (χ4v) is 2.27. The second-order valence-corrected chi connectivity index (χ2v) is 4.88. The summed E-state index contributed by atoms with van der Waals surface area (Å²) >= 11 is 5.23. The maximum atomic E-state index is 10.9. The van der Waals surface area contributed by atoms with Gasteiger partial charge < -0.3 is 10.8 Å². The van der Waals surface area contributed by atoms with Crippen molar-refractivity contribution in [2.75, 3.05) is 17.4 Å². The molecule has 1 atom stereocenters. The number of sulfone groups is 1. The van der Waals surface area contributed by atoms with Crippen molar-refractivity contribution < 1.29 is 13.5 Å². The van der Waals surface area contributed by atoms with E-state index in [4.69, 9.17) is 22.4 Å². The quantitative estimate of drug-likeness (QED) is 0.510. The molecule has 0 amide bonds. The van der Waals surface area contributed by atoms with E-state index in [0.717, 1.165) is 0 Å². The maximum absolute atomic E-state index is 10.9. The third-order valence-corrected chi connectivity index (χ3v) is 3.21. The molecule has 76 valence electrons. The van der Waals surface area contributed by atoms with Crippen molar-refractivity contribution in [1.82, 2.24) is 0 Å². The fraction of sp³-hybridized carbons (Fsp3) is 1.00. The van der Waals surface area contributed by atoms with Crippen molar-refractivity contribution in [3.8, 4) is 0 Å². The molecule has 0 rings (SSSR count). The summed E-state index contributed by atoms with van der Waals surface area (Å²) in [5.74, 6) is -0.0678. The first-order valence-electron chi connectivity index (χ1n) is 3.18. The summed E-state index contributed by atoms with van der Waals surface area (Å²) in [5, 5.41) is 8.56. The first kappa shape index (κ1) is 14.9. The molecule has 0 aliphatic rings. The monoisotopic (exact) mass is 237 g/mol. The summed E-state index contributed by atoms with van der Waals surface area (Å²) in [6.45, 7) is 0. The third-order valence-electron chi connectivity index (χ3n) is 1.11. The lowest BCUT2D eigenvalue weighted by Gasteiger charge is -2.03. The molecule has 0 spiro atoms. The van der Waals surface area contributed by atoms with Crippen molar-refractivity contribution in [2.24, 2.45) is 5.73 Å². The SMILES string of the molecule is Cl.NC(O)CCS(=O)(=O)CCCl. The van der Waals surface area contributed by atoms with E-state index in [2.05, 4.69) is 0 Å². The molecule has 12 heavy (non-hydrogen) atoms. The number of hydrogen-bond acceptors (Lipinski definition) is 4. The molecule has 0 saturated carbocycles. The van der Waals surface area contributed by atoms with Crippen LogP contribution in [-0.2, 0) is 9.84 Å². The molecule has 0 aromatic carbocycles. The molecule has 7 heteroatoms. The van der Waals surface area contributed by atoms with E-state index in [1.807, 2.05) is 0 Å². The Morgan fingerprint density at radius 2 is 1.92 bits per heavy atom. The zero-order valence-corrected chi connectivity index (χ0v) is 8.83. The van der Waals surface area contributed by atoms with Crippen molar-refractivity contribution in [3.05, 3.63) is 0 Å². The lowest BCUT2D eigenvalue weighted by atomic mass is 10.4. The van der Waals surface area contributed by atoms with Crippen molar-refractivity contribution >= 4 is 33.8 Å². The number of aliphatic hydroxyl groups excluding tert-OH is 1. The van der Waals surface area contributed by atoms with Crippen LogP contribution in [0.25, 0.3) is 0 Å². The van der Waals surface area contributed by atoms with E-state index in [1.54, 1.807) is 0 Å². The average Bonchev–Trinajstić information content (AvgIpc) is 1.84. The largest absolute Gasteiger partial charge is 0.379 e. The minimum absolute atomic E-state index is 0. The van der Waals surface area contributed by atoms with Crippen molar-refractivity contribution in [1.29, 1.82) is 0 Å². The van der Waals surface area contributed by atoms with Crippen LogP contribution in [0.1, 0.15) is 6.42 Å².